The first kappa shape index (κ1) is 12.4. The van der Waals surface area contributed by atoms with Gasteiger partial charge in [-0.25, -0.2) is 4.39 Å². The second-order valence-electron chi connectivity index (χ2n) is 4.81. The number of nitrogens with two attached hydrogens (primary N) is 1. The van der Waals surface area contributed by atoms with Gasteiger partial charge in [-0.05, 0) is 36.7 Å². The van der Waals surface area contributed by atoms with Gasteiger partial charge in [-0.2, -0.15) is 0 Å². The van der Waals surface area contributed by atoms with Crippen LogP contribution >= 0.6 is 0 Å². The fourth-order valence-corrected chi connectivity index (χ4v) is 2.56. The van der Waals surface area contributed by atoms with Gasteiger partial charge in [0.1, 0.15) is 11.6 Å². The highest BCUT2D eigenvalue weighted by molar-refractivity contribution is 5.22. The van der Waals surface area contributed by atoms with Crippen LogP contribution in [-0.2, 0) is 0 Å². The van der Waals surface area contributed by atoms with Crippen LogP contribution in [0, 0.1) is 17.7 Å². The van der Waals surface area contributed by atoms with E-state index in [4.69, 9.17) is 10.5 Å². The molecule has 2 N–H and O–H groups in total. The van der Waals surface area contributed by atoms with Crippen LogP contribution in [0.2, 0.25) is 0 Å². The van der Waals surface area contributed by atoms with Crippen molar-refractivity contribution in [1.29, 1.82) is 0 Å². The summed E-state index contributed by atoms with van der Waals surface area (Å²) < 4.78 is 18.4. The van der Waals surface area contributed by atoms with Gasteiger partial charge in [0.2, 0.25) is 0 Å². The monoisotopic (exact) mass is 237 g/mol. The Bertz CT molecular complexity index is 333. The molecular formula is C14H20FNO. The Morgan fingerprint density at radius 3 is 2.47 bits per heavy atom. The standard InChI is InChI=1S/C14H20FNO/c15-13-5-7-14(8-6-13)17-10-12(9-16)11-3-1-2-4-11/h5-8,11-12H,1-4,9-10,16H2. The maximum absolute atomic E-state index is 12.7. The molecule has 2 nitrogen and oxygen atoms in total. The number of hydrogen-bond acceptors (Lipinski definition) is 2. The molecule has 17 heavy (non-hydrogen) atoms. The summed E-state index contributed by atoms with van der Waals surface area (Å²) in [5, 5.41) is 0. The van der Waals surface area contributed by atoms with E-state index in [0.717, 1.165) is 5.75 Å². The molecule has 1 aliphatic carbocycles. The van der Waals surface area contributed by atoms with Crippen molar-refractivity contribution in [3.05, 3.63) is 30.1 Å². The molecule has 1 aromatic carbocycles. The van der Waals surface area contributed by atoms with Crippen LogP contribution in [0.5, 0.6) is 5.75 Å². The van der Waals surface area contributed by atoms with Crippen molar-refractivity contribution in [3.8, 4) is 5.75 Å². The van der Waals surface area contributed by atoms with Gasteiger partial charge in [0.15, 0.2) is 0 Å². The lowest BCUT2D eigenvalue weighted by molar-refractivity contribution is 0.200. The Hall–Kier alpha value is -1.09. The predicted octanol–water partition coefficient (Wildman–Crippen LogP) is 2.97. The molecule has 0 bridgehead atoms. The lowest BCUT2D eigenvalue weighted by atomic mass is 9.92. The Morgan fingerprint density at radius 2 is 1.88 bits per heavy atom. The zero-order chi connectivity index (χ0) is 12.1. The third kappa shape index (κ3) is 3.43. The summed E-state index contributed by atoms with van der Waals surface area (Å²) in [5.41, 5.74) is 5.80. The van der Waals surface area contributed by atoms with E-state index in [1.807, 2.05) is 0 Å². The van der Waals surface area contributed by atoms with Crippen LogP contribution in [0.25, 0.3) is 0 Å². The van der Waals surface area contributed by atoms with Crippen LogP contribution in [0.3, 0.4) is 0 Å². The lowest BCUT2D eigenvalue weighted by Crippen LogP contribution is -2.27. The molecule has 1 atom stereocenters. The molecule has 0 heterocycles. The van der Waals surface area contributed by atoms with Crippen molar-refractivity contribution in [1.82, 2.24) is 0 Å². The zero-order valence-corrected chi connectivity index (χ0v) is 10.1. The maximum Gasteiger partial charge on any atom is 0.123 e. The molecule has 0 spiro atoms. The number of ether oxygens (including phenoxy) is 1. The quantitative estimate of drug-likeness (QED) is 0.854. The van der Waals surface area contributed by atoms with Crippen LogP contribution in [0.4, 0.5) is 4.39 Å². The van der Waals surface area contributed by atoms with E-state index >= 15 is 0 Å². The van der Waals surface area contributed by atoms with E-state index in [1.54, 1.807) is 12.1 Å². The molecular weight excluding hydrogens is 217 g/mol. The van der Waals surface area contributed by atoms with E-state index < -0.39 is 0 Å². The third-order valence-corrected chi connectivity index (χ3v) is 3.65. The SMILES string of the molecule is NCC(COc1ccc(F)cc1)C1CCCC1. The summed E-state index contributed by atoms with van der Waals surface area (Å²) >= 11 is 0. The normalized spacial score (nSPS) is 18.2. The molecule has 0 aliphatic heterocycles. The van der Waals surface area contributed by atoms with E-state index in [0.29, 0.717) is 25.0 Å². The van der Waals surface area contributed by atoms with Gasteiger partial charge >= 0.3 is 0 Å². The van der Waals surface area contributed by atoms with Gasteiger partial charge in [-0.15, -0.1) is 0 Å². The van der Waals surface area contributed by atoms with Crippen molar-refractivity contribution in [2.45, 2.75) is 25.7 Å². The molecule has 3 heteroatoms. The first-order valence-corrected chi connectivity index (χ1v) is 6.38. The van der Waals surface area contributed by atoms with Crippen molar-refractivity contribution in [3.63, 3.8) is 0 Å². The first-order chi connectivity index (χ1) is 8.29. The Balaban J connectivity index is 1.84. The average Bonchev–Trinajstić information content (AvgIpc) is 2.86. The van der Waals surface area contributed by atoms with Crippen molar-refractivity contribution >= 4 is 0 Å². The second-order valence-corrected chi connectivity index (χ2v) is 4.81. The molecule has 0 radical (unpaired) electrons. The van der Waals surface area contributed by atoms with E-state index in [-0.39, 0.29) is 5.82 Å². The fraction of sp³-hybridized carbons (Fsp3) is 0.571. The van der Waals surface area contributed by atoms with Crippen molar-refractivity contribution < 1.29 is 9.13 Å². The smallest absolute Gasteiger partial charge is 0.123 e. The molecule has 1 aromatic rings. The van der Waals surface area contributed by atoms with Gasteiger partial charge in [0.25, 0.3) is 0 Å². The Kier molecular flexibility index (Phi) is 4.37. The molecule has 1 aliphatic rings. The first-order valence-electron chi connectivity index (χ1n) is 6.38. The van der Waals surface area contributed by atoms with Crippen LogP contribution in [0.15, 0.2) is 24.3 Å². The minimum Gasteiger partial charge on any atom is -0.493 e. The highest BCUT2D eigenvalue weighted by atomic mass is 19.1. The Labute approximate surface area is 102 Å². The van der Waals surface area contributed by atoms with E-state index in [9.17, 15) is 4.39 Å². The van der Waals surface area contributed by atoms with E-state index in [2.05, 4.69) is 0 Å². The Morgan fingerprint density at radius 1 is 1.24 bits per heavy atom. The molecule has 1 saturated carbocycles. The molecule has 0 amide bonds. The summed E-state index contributed by atoms with van der Waals surface area (Å²) in [7, 11) is 0. The molecule has 2 rings (SSSR count). The average molecular weight is 237 g/mol. The highest BCUT2D eigenvalue weighted by Crippen LogP contribution is 2.31. The summed E-state index contributed by atoms with van der Waals surface area (Å²) in [5.74, 6) is 1.63. The summed E-state index contributed by atoms with van der Waals surface area (Å²) in [6.07, 6.45) is 5.18. The summed E-state index contributed by atoms with van der Waals surface area (Å²) in [4.78, 5) is 0. The molecule has 94 valence electrons. The number of hydrogen-bond donors (Lipinski definition) is 1. The van der Waals surface area contributed by atoms with Gasteiger partial charge < -0.3 is 10.5 Å². The molecule has 0 saturated heterocycles. The molecule has 0 aromatic heterocycles. The zero-order valence-electron chi connectivity index (χ0n) is 10.1. The van der Waals surface area contributed by atoms with Gasteiger partial charge in [-0.3, -0.25) is 0 Å². The van der Waals surface area contributed by atoms with E-state index in [1.165, 1.54) is 37.8 Å². The second kappa shape index (κ2) is 6.01. The van der Waals surface area contributed by atoms with Gasteiger partial charge in [0.05, 0.1) is 6.61 Å². The van der Waals surface area contributed by atoms with Gasteiger partial charge in [-0.1, -0.05) is 25.7 Å². The fourth-order valence-electron chi connectivity index (χ4n) is 2.56. The number of rotatable bonds is 5. The third-order valence-electron chi connectivity index (χ3n) is 3.65. The number of benzene rings is 1. The minimum absolute atomic E-state index is 0.233. The molecule has 1 unspecified atom stereocenters. The van der Waals surface area contributed by atoms with Crippen LogP contribution < -0.4 is 10.5 Å². The summed E-state index contributed by atoms with van der Waals surface area (Å²) in [6.45, 7) is 1.32. The molecule has 1 fully saturated rings. The van der Waals surface area contributed by atoms with Crippen molar-refractivity contribution in [2.75, 3.05) is 13.2 Å². The predicted molar refractivity (Wildman–Crippen MR) is 66.4 cm³/mol. The maximum atomic E-state index is 12.7. The number of halogens is 1. The topological polar surface area (TPSA) is 35.2 Å². The summed E-state index contributed by atoms with van der Waals surface area (Å²) in [6, 6.07) is 6.17. The minimum atomic E-state index is -0.233. The van der Waals surface area contributed by atoms with Gasteiger partial charge in [0, 0.05) is 5.92 Å². The lowest BCUT2D eigenvalue weighted by Gasteiger charge is -2.21. The largest absolute Gasteiger partial charge is 0.493 e. The highest BCUT2D eigenvalue weighted by Gasteiger charge is 2.24. The van der Waals surface area contributed by atoms with Crippen LogP contribution in [-0.4, -0.2) is 13.2 Å². The van der Waals surface area contributed by atoms with Crippen LogP contribution in [0.1, 0.15) is 25.7 Å². The van der Waals surface area contributed by atoms with Crippen molar-refractivity contribution in [2.24, 2.45) is 17.6 Å².